The Balaban J connectivity index is 2.11. The van der Waals surface area contributed by atoms with Gasteiger partial charge in [-0.2, -0.15) is 0 Å². The molecule has 0 aromatic heterocycles. The van der Waals surface area contributed by atoms with E-state index in [9.17, 15) is 4.79 Å². The van der Waals surface area contributed by atoms with E-state index in [0.717, 1.165) is 18.4 Å². The lowest BCUT2D eigenvalue weighted by Gasteiger charge is -2.40. The summed E-state index contributed by atoms with van der Waals surface area (Å²) in [5.41, 5.74) is 0.675. The van der Waals surface area contributed by atoms with Crippen molar-refractivity contribution in [2.75, 3.05) is 6.61 Å². The van der Waals surface area contributed by atoms with Gasteiger partial charge in [-0.1, -0.05) is 76.6 Å². The summed E-state index contributed by atoms with van der Waals surface area (Å²) in [5, 5.41) is 0. The molecule has 0 radical (unpaired) electrons. The van der Waals surface area contributed by atoms with Crippen molar-refractivity contribution >= 4 is 21.7 Å². The lowest BCUT2D eigenvalue weighted by molar-refractivity contribution is -0.0519. The highest BCUT2D eigenvalue weighted by Crippen LogP contribution is 2.42. The largest absolute Gasteiger partial charge is 0.361 e. The fraction of sp³-hybridized carbons (Fsp3) is 0.278. The van der Waals surface area contributed by atoms with Crippen molar-refractivity contribution in [3.8, 4) is 0 Å². The van der Waals surface area contributed by atoms with Crippen LogP contribution in [-0.4, -0.2) is 17.2 Å². The van der Waals surface area contributed by atoms with Gasteiger partial charge in [-0.25, -0.2) is 0 Å². The molecule has 3 heteroatoms. The van der Waals surface area contributed by atoms with Crippen LogP contribution in [0.15, 0.2) is 60.7 Å². The maximum atomic E-state index is 13.2. The second kappa shape index (κ2) is 6.12. The minimum absolute atomic E-state index is 0.0196. The van der Waals surface area contributed by atoms with Gasteiger partial charge in [-0.15, -0.1) is 0 Å². The van der Waals surface area contributed by atoms with Crippen LogP contribution in [-0.2, 0) is 10.3 Å². The van der Waals surface area contributed by atoms with E-state index in [1.54, 1.807) is 0 Å². The van der Waals surface area contributed by atoms with Gasteiger partial charge in [-0.3, -0.25) is 4.79 Å². The van der Waals surface area contributed by atoms with Crippen molar-refractivity contribution in [1.82, 2.24) is 0 Å². The zero-order valence-electron chi connectivity index (χ0n) is 11.7. The Labute approximate surface area is 133 Å². The van der Waals surface area contributed by atoms with Crippen molar-refractivity contribution in [1.29, 1.82) is 0 Å². The molecule has 2 aromatic carbocycles. The Bertz CT molecular complexity index is 612. The van der Waals surface area contributed by atoms with E-state index in [2.05, 4.69) is 15.9 Å². The van der Waals surface area contributed by atoms with Crippen LogP contribution in [0.4, 0.5) is 0 Å². The standard InChI is InChI=1S/C18H17BrO2/c19-16-12-7-13-21-18(16,15-10-5-2-6-11-15)17(20)14-8-3-1-4-9-14/h1-6,8-11,16H,7,12-13H2/t16-,18+/m1/s1. The van der Waals surface area contributed by atoms with E-state index in [1.165, 1.54) is 0 Å². The molecule has 2 nitrogen and oxygen atoms in total. The van der Waals surface area contributed by atoms with Gasteiger partial charge in [0.15, 0.2) is 11.4 Å². The Morgan fingerprint density at radius 3 is 2.29 bits per heavy atom. The normalized spacial score (nSPS) is 25.5. The first-order valence-corrected chi connectivity index (χ1v) is 8.10. The second-order valence-corrected chi connectivity index (χ2v) is 6.36. The van der Waals surface area contributed by atoms with Crippen LogP contribution in [0.2, 0.25) is 0 Å². The summed E-state index contributed by atoms with van der Waals surface area (Å²) in [4.78, 5) is 13.2. The number of alkyl halides is 1. The van der Waals surface area contributed by atoms with Crippen molar-refractivity contribution in [3.05, 3.63) is 71.8 Å². The first-order valence-electron chi connectivity index (χ1n) is 7.18. The minimum atomic E-state index is -0.930. The molecule has 0 N–H and O–H groups in total. The highest BCUT2D eigenvalue weighted by Gasteiger charge is 2.49. The molecule has 0 spiro atoms. The summed E-state index contributed by atoms with van der Waals surface area (Å²) in [5.74, 6) is 0.0240. The number of ether oxygens (including phenoxy) is 1. The fourth-order valence-corrected chi connectivity index (χ4v) is 3.81. The van der Waals surface area contributed by atoms with E-state index >= 15 is 0 Å². The molecular weight excluding hydrogens is 328 g/mol. The maximum Gasteiger partial charge on any atom is 0.200 e. The number of hydrogen-bond donors (Lipinski definition) is 0. The van der Waals surface area contributed by atoms with E-state index in [1.807, 2.05) is 60.7 Å². The number of carbonyl (C=O) groups is 1. The van der Waals surface area contributed by atoms with E-state index < -0.39 is 5.60 Å². The van der Waals surface area contributed by atoms with Gasteiger partial charge in [0.05, 0.1) is 4.83 Å². The molecule has 2 atom stereocenters. The number of hydrogen-bond acceptors (Lipinski definition) is 2. The fourth-order valence-electron chi connectivity index (χ4n) is 2.88. The number of benzene rings is 2. The molecule has 1 heterocycles. The summed E-state index contributed by atoms with van der Waals surface area (Å²) >= 11 is 3.70. The third kappa shape index (κ3) is 2.56. The first kappa shape index (κ1) is 14.5. The Kier molecular flexibility index (Phi) is 4.22. The predicted molar refractivity (Wildman–Crippen MR) is 86.8 cm³/mol. The summed E-state index contributed by atoms with van der Waals surface area (Å²) < 4.78 is 6.08. The monoisotopic (exact) mass is 344 g/mol. The zero-order chi connectivity index (χ0) is 14.7. The molecule has 0 saturated carbocycles. The second-order valence-electron chi connectivity index (χ2n) is 5.26. The first-order chi connectivity index (χ1) is 10.2. The number of ketones is 1. The van der Waals surface area contributed by atoms with Crippen LogP contribution in [0.1, 0.15) is 28.8 Å². The molecule has 1 saturated heterocycles. The van der Waals surface area contributed by atoms with Crippen LogP contribution >= 0.6 is 15.9 Å². The van der Waals surface area contributed by atoms with Crippen molar-refractivity contribution < 1.29 is 9.53 Å². The van der Waals surface area contributed by atoms with E-state index in [-0.39, 0.29) is 10.6 Å². The molecule has 0 bridgehead atoms. The number of halogens is 1. The molecule has 2 aromatic rings. The van der Waals surface area contributed by atoms with Gasteiger partial charge in [0.1, 0.15) is 0 Å². The Hall–Kier alpha value is -1.45. The number of rotatable bonds is 3. The minimum Gasteiger partial charge on any atom is -0.361 e. The summed E-state index contributed by atoms with van der Waals surface area (Å²) in [6, 6.07) is 19.2. The van der Waals surface area contributed by atoms with Crippen LogP contribution in [0.3, 0.4) is 0 Å². The Morgan fingerprint density at radius 1 is 1.05 bits per heavy atom. The maximum absolute atomic E-state index is 13.2. The molecule has 1 fully saturated rings. The van der Waals surface area contributed by atoms with Crippen LogP contribution < -0.4 is 0 Å². The molecule has 0 amide bonds. The molecule has 0 unspecified atom stereocenters. The highest BCUT2D eigenvalue weighted by atomic mass is 79.9. The lowest BCUT2D eigenvalue weighted by atomic mass is 9.80. The van der Waals surface area contributed by atoms with Gasteiger partial charge in [0, 0.05) is 12.2 Å². The van der Waals surface area contributed by atoms with E-state index in [0.29, 0.717) is 12.2 Å². The molecular formula is C18H17BrO2. The lowest BCUT2D eigenvalue weighted by Crippen LogP contribution is -2.49. The van der Waals surface area contributed by atoms with Crippen molar-refractivity contribution in [3.63, 3.8) is 0 Å². The van der Waals surface area contributed by atoms with Crippen molar-refractivity contribution in [2.24, 2.45) is 0 Å². The average Bonchev–Trinajstić information content (AvgIpc) is 2.56. The smallest absolute Gasteiger partial charge is 0.200 e. The van der Waals surface area contributed by atoms with Gasteiger partial charge >= 0.3 is 0 Å². The number of Topliss-reactive ketones (excluding diaryl/α,β-unsaturated/α-hetero) is 1. The summed E-state index contributed by atoms with van der Waals surface area (Å²) in [6.45, 7) is 0.607. The summed E-state index contributed by atoms with van der Waals surface area (Å²) in [6.07, 6.45) is 1.89. The van der Waals surface area contributed by atoms with Gasteiger partial charge in [0.25, 0.3) is 0 Å². The molecule has 0 aliphatic carbocycles. The SMILES string of the molecule is O=C(c1ccccc1)[C@@]1(c2ccccc2)OCCC[C@H]1Br. The van der Waals surface area contributed by atoms with Crippen LogP contribution in [0.25, 0.3) is 0 Å². The van der Waals surface area contributed by atoms with E-state index in [4.69, 9.17) is 4.74 Å². The summed E-state index contributed by atoms with van der Waals surface area (Å²) in [7, 11) is 0. The molecule has 108 valence electrons. The third-order valence-electron chi connectivity index (χ3n) is 3.95. The highest BCUT2D eigenvalue weighted by molar-refractivity contribution is 9.09. The zero-order valence-corrected chi connectivity index (χ0v) is 13.3. The van der Waals surface area contributed by atoms with Gasteiger partial charge < -0.3 is 4.74 Å². The third-order valence-corrected chi connectivity index (χ3v) is 5.05. The van der Waals surface area contributed by atoms with Crippen molar-refractivity contribution in [2.45, 2.75) is 23.3 Å². The van der Waals surface area contributed by atoms with Crippen LogP contribution in [0, 0.1) is 0 Å². The Morgan fingerprint density at radius 2 is 1.67 bits per heavy atom. The predicted octanol–water partition coefficient (Wildman–Crippen LogP) is 4.34. The average molecular weight is 345 g/mol. The van der Waals surface area contributed by atoms with Crippen LogP contribution in [0.5, 0.6) is 0 Å². The quantitative estimate of drug-likeness (QED) is 0.611. The molecule has 3 rings (SSSR count). The molecule has 21 heavy (non-hydrogen) atoms. The molecule has 1 aliphatic rings. The van der Waals surface area contributed by atoms with Gasteiger partial charge in [0.2, 0.25) is 0 Å². The van der Waals surface area contributed by atoms with Gasteiger partial charge in [-0.05, 0) is 18.4 Å². The topological polar surface area (TPSA) is 26.3 Å². The number of carbonyl (C=O) groups excluding carboxylic acids is 1. The molecule has 1 aliphatic heterocycles.